The Morgan fingerprint density at radius 2 is 2.10 bits per heavy atom. The molecule has 0 aromatic heterocycles. The first kappa shape index (κ1) is 16.8. The molecule has 1 saturated heterocycles. The van der Waals surface area contributed by atoms with Crippen LogP contribution in [-0.2, 0) is 11.2 Å². The molecular formula is C17H27ClN2O. The Morgan fingerprint density at radius 3 is 2.76 bits per heavy atom. The van der Waals surface area contributed by atoms with E-state index in [1.54, 1.807) is 0 Å². The van der Waals surface area contributed by atoms with Crippen LogP contribution in [-0.4, -0.2) is 49.8 Å². The lowest BCUT2D eigenvalue weighted by Gasteiger charge is -2.37. The third-order valence-corrected chi connectivity index (χ3v) is 4.35. The molecule has 2 atom stereocenters. The van der Waals surface area contributed by atoms with Crippen LogP contribution in [0.15, 0.2) is 24.3 Å². The van der Waals surface area contributed by atoms with Gasteiger partial charge in [0.05, 0.1) is 12.7 Å². The van der Waals surface area contributed by atoms with Gasteiger partial charge in [0.1, 0.15) is 0 Å². The topological polar surface area (TPSA) is 24.5 Å². The number of likely N-dealkylation sites (N-methyl/N-ethyl adjacent to an activating group) is 1. The van der Waals surface area contributed by atoms with Crippen LogP contribution in [0.5, 0.6) is 0 Å². The van der Waals surface area contributed by atoms with Crippen LogP contribution in [0, 0.1) is 0 Å². The Morgan fingerprint density at radius 1 is 1.33 bits per heavy atom. The van der Waals surface area contributed by atoms with E-state index < -0.39 is 0 Å². The lowest BCUT2D eigenvalue weighted by Crippen LogP contribution is -2.53. The van der Waals surface area contributed by atoms with Crippen molar-refractivity contribution in [3.63, 3.8) is 0 Å². The molecule has 1 aliphatic heterocycles. The fourth-order valence-corrected chi connectivity index (χ4v) is 2.93. The van der Waals surface area contributed by atoms with Gasteiger partial charge in [-0.1, -0.05) is 37.6 Å². The van der Waals surface area contributed by atoms with Gasteiger partial charge in [0.25, 0.3) is 0 Å². The third kappa shape index (κ3) is 5.26. The maximum absolute atomic E-state index is 6.03. The zero-order valence-electron chi connectivity index (χ0n) is 13.1. The average molecular weight is 311 g/mol. The summed E-state index contributed by atoms with van der Waals surface area (Å²) in [4.78, 5) is 2.47. The van der Waals surface area contributed by atoms with Crippen LogP contribution in [0.1, 0.15) is 25.8 Å². The van der Waals surface area contributed by atoms with Gasteiger partial charge in [-0.2, -0.15) is 0 Å². The number of benzene rings is 1. The van der Waals surface area contributed by atoms with E-state index in [-0.39, 0.29) is 6.10 Å². The summed E-state index contributed by atoms with van der Waals surface area (Å²) >= 11 is 5.97. The molecule has 21 heavy (non-hydrogen) atoms. The summed E-state index contributed by atoms with van der Waals surface area (Å²) in [6.45, 7) is 9.46. The van der Waals surface area contributed by atoms with Gasteiger partial charge in [-0.3, -0.25) is 4.90 Å². The van der Waals surface area contributed by atoms with E-state index in [1.165, 1.54) is 5.56 Å². The fraction of sp³-hybridized carbons (Fsp3) is 0.647. The van der Waals surface area contributed by atoms with Gasteiger partial charge >= 0.3 is 0 Å². The lowest BCUT2D eigenvalue weighted by atomic mass is 9.99. The van der Waals surface area contributed by atoms with Gasteiger partial charge in [-0.15, -0.1) is 0 Å². The highest BCUT2D eigenvalue weighted by Crippen LogP contribution is 2.16. The molecule has 0 spiro atoms. The molecule has 1 aliphatic rings. The van der Waals surface area contributed by atoms with Gasteiger partial charge in [0.2, 0.25) is 0 Å². The second-order valence-electron chi connectivity index (χ2n) is 5.69. The molecule has 0 aliphatic carbocycles. The number of rotatable bonds is 7. The Kier molecular flexibility index (Phi) is 6.97. The number of ether oxygens (including phenoxy) is 1. The number of hydrogen-bond acceptors (Lipinski definition) is 3. The Labute approximate surface area is 133 Å². The molecule has 4 heteroatoms. The summed E-state index contributed by atoms with van der Waals surface area (Å²) in [5, 5.41) is 4.46. The first-order valence-corrected chi connectivity index (χ1v) is 8.42. The van der Waals surface area contributed by atoms with E-state index in [0.29, 0.717) is 6.04 Å². The smallest absolute Gasteiger partial charge is 0.0858 e. The second-order valence-corrected chi connectivity index (χ2v) is 6.13. The zero-order chi connectivity index (χ0) is 15.1. The summed E-state index contributed by atoms with van der Waals surface area (Å²) in [5.74, 6) is 0. The molecule has 2 rings (SSSR count). The van der Waals surface area contributed by atoms with Crippen LogP contribution in [0.25, 0.3) is 0 Å². The molecule has 1 aromatic carbocycles. The molecule has 1 fully saturated rings. The monoisotopic (exact) mass is 310 g/mol. The Hall–Kier alpha value is -0.610. The van der Waals surface area contributed by atoms with Gasteiger partial charge in [0, 0.05) is 24.2 Å². The summed E-state index contributed by atoms with van der Waals surface area (Å²) in [6, 6.07) is 8.52. The molecule has 1 heterocycles. The van der Waals surface area contributed by atoms with Crippen molar-refractivity contribution in [1.29, 1.82) is 0 Å². The highest BCUT2D eigenvalue weighted by Gasteiger charge is 2.27. The van der Waals surface area contributed by atoms with Crippen molar-refractivity contribution >= 4 is 11.6 Å². The highest BCUT2D eigenvalue weighted by atomic mass is 35.5. The maximum Gasteiger partial charge on any atom is 0.0858 e. The van der Waals surface area contributed by atoms with Crippen LogP contribution in [0.2, 0.25) is 5.02 Å². The third-order valence-electron chi connectivity index (χ3n) is 4.10. The van der Waals surface area contributed by atoms with Gasteiger partial charge in [0.15, 0.2) is 0 Å². The van der Waals surface area contributed by atoms with Crippen molar-refractivity contribution in [3.8, 4) is 0 Å². The van der Waals surface area contributed by atoms with Crippen LogP contribution >= 0.6 is 11.6 Å². The van der Waals surface area contributed by atoms with Crippen LogP contribution < -0.4 is 5.32 Å². The van der Waals surface area contributed by atoms with E-state index in [9.17, 15) is 0 Å². The largest absolute Gasteiger partial charge is 0.374 e. The van der Waals surface area contributed by atoms with E-state index in [0.717, 1.165) is 50.7 Å². The van der Waals surface area contributed by atoms with E-state index in [1.807, 2.05) is 12.1 Å². The van der Waals surface area contributed by atoms with E-state index in [4.69, 9.17) is 16.3 Å². The minimum Gasteiger partial charge on any atom is -0.374 e. The number of nitrogens with zero attached hydrogens (tertiary/aromatic N) is 1. The molecule has 0 bridgehead atoms. The van der Waals surface area contributed by atoms with E-state index >= 15 is 0 Å². The summed E-state index contributed by atoms with van der Waals surface area (Å²) < 4.78 is 6.03. The second kappa shape index (κ2) is 8.74. The normalized spacial score (nSPS) is 21.4. The highest BCUT2D eigenvalue weighted by molar-refractivity contribution is 6.30. The first-order valence-electron chi connectivity index (χ1n) is 8.04. The number of nitrogens with one attached hydrogen (secondary N) is 1. The molecule has 0 saturated carbocycles. The molecule has 0 amide bonds. The lowest BCUT2D eigenvalue weighted by molar-refractivity contribution is -0.0447. The van der Waals surface area contributed by atoms with Crippen molar-refractivity contribution in [3.05, 3.63) is 34.9 Å². The van der Waals surface area contributed by atoms with Crippen LogP contribution in [0.3, 0.4) is 0 Å². The SMILES string of the molecule is CCCNC(Cc1ccc(Cl)cc1)C1CN(CC)CCO1. The molecule has 0 radical (unpaired) electrons. The number of halogens is 1. The van der Waals surface area contributed by atoms with Crippen molar-refractivity contribution in [2.75, 3.05) is 32.8 Å². The first-order chi connectivity index (χ1) is 10.2. The minimum absolute atomic E-state index is 0.265. The molecular weight excluding hydrogens is 284 g/mol. The predicted molar refractivity (Wildman–Crippen MR) is 89.1 cm³/mol. The summed E-state index contributed by atoms with van der Waals surface area (Å²) in [5.41, 5.74) is 1.31. The summed E-state index contributed by atoms with van der Waals surface area (Å²) in [7, 11) is 0. The Balaban J connectivity index is 2.00. The maximum atomic E-state index is 6.03. The standard InChI is InChI=1S/C17H27ClN2O/c1-3-9-19-16(12-14-5-7-15(18)8-6-14)17-13-20(4-2)10-11-21-17/h5-8,16-17,19H,3-4,9-13H2,1-2H3. The Bertz CT molecular complexity index is 410. The van der Waals surface area contributed by atoms with Gasteiger partial charge in [-0.05, 0) is 43.6 Å². The number of morpholine rings is 1. The van der Waals surface area contributed by atoms with Crippen molar-refractivity contribution < 1.29 is 4.74 Å². The van der Waals surface area contributed by atoms with Gasteiger partial charge in [-0.25, -0.2) is 0 Å². The molecule has 3 nitrogen and oxygen atoms in total. The average Bonchev–Trinajstić information content (AvgIpc) is 2.53. The van der Waals surface area contributed by atoms with Crippen molar-refractivity contribution in [2.45, 2.75) is 38.8 Å². The summed E-state index contributed by atoms with van der Waals surface area (Å²) in [6.07, 6.45) is 2.39. The molecule has 118 valence electrons. The molecule has 1 N–H and O–H groups in total. The predicted octanol–water partition coefficient (Wildman–Crippen LogP) is 2.97. The minimum atomic E-state index is 0.265. The molecule has 1 aromatic rings. The van der Waals surface area contributed by atoms with Crippen molar-refractivity contribution in [1.82, 2.24) is 10.2 Å². The number of hydrogen-bond donors (Lipinski definition) is 1. The van der Waals surface area contributed by atoms with E-state index in [2.05, 4.69) is 36.2 Å². The molecule has 2 unspecified atom stereocenters. The zero-order valence-corrected chi connectivity index (χ0v) is 13.9. The van der Waals surface area contributed by atoms with Gasteiger partial charge < -0.3 is 10.1 Å². The van der Waals surface area contributed by atoms with Crippen molar-refractivity contribution in [2.24, 2.45) is 0 Å². The fourth-order valence-electron chi connectivity index (χ4n) is 2.80. The van der Waals surface area contributed by atoms with Crippen LogP contribution in [0.4, 0.5) is 0 Å². The quantitative estimate of drug-likeness (QED) is 0.838.